The number of nitrogens with zero attached hydrogens (tertiary/aromatic N) is 2. The third-order valence-electron chi connectivity index (χ3n) is 4.43. The van der Waals surface area contributed by atoms with Crippen molar-refractivity contribution in [3.8, 4) is 0 Å². The van der Waals surface area contributed by atoms with Gasteiger partial charge in [-0.05, 0) is 51.6 Å². The quantitative estimate of drug-likeness (QED) is 0.334. The molecule has 2 aromatic rings. The summed E-state index contributed by atoms with van der Waals surface area (Å²) in [5.41, 5.74) is 1.34. The van der Waals surface area contributed by atoms with Crippen LogP contribution in [-0.4, -0.2) is 57.2 Å². The molecule has 0 saturated carbocycles. The molecule has 0 aliphatic heterocycles. The van der Waals surface area contributed by atoms with Crippen LogP contribution in [0.4, 0.5) is 0 Å². The van der Waals surface area contributed by atoms with Crippen LogP contribution >= 0.6 is 0 Å². The number of benzene rings is 1. The fraction of sp³-hybridized carbons (Fsp3) is 0.500. The average Bonchev–Trinajstić information content (AvgIpc) is 3.21. The Morgan fingerprint density at radius 2 is 1.96 bits per heavy atom. The van der Waals surface area contributed by atoms with Crippen molar-refractivity contribution in [3.05, 3.63) is 60.1 Å². The highest BCUT2D eigenvalue weighted by Crippen LogP contribution is 2.07. The van der Waals surface area contributed by atoms with Gasteiger partial charge in [0.15, 0.2) is 5.96 Å². The van der Waals surface area contributed by atoms with Gasteiger partial charge in [-0.15, -0.1) is 0 Å². The molecule has 0 bridgehead atoms. The molecule has 0 spiro atoms. The van der Waals surface area contributed by atoms with E-state index in [1.807, 2.05) is 12.1 Å². The molecule has 0 aliphatic rings. The van der Waals surface area contributed by atoms with Gasteiger partial charge in [0, 0.05) is 25.7 Å². The zero-order valence-electron chi connectivity index (χ0n) is 17.4. The van der Waals surface area contributed by atoms with E-state index in [1.54, 1.807) is 6.26 Å². The second kappa shape index (κ2) is 13.0. The summed E-state index contributed by atoms with van der Waals surface area (Å²) in [6.45, 7) is 5.68. The maximum Gasteiger partial charge on any atom is 0.191 e. The Hall–Kier alpha value is -2.31. The lowest BCUT2D eigenvalue weighted by molar-refractivity contribution is 0.105. The molecule has 154 valence electrons. The number of aliphatic imine (C=N–C) groups is 1. The maximum atomic E-state index is 5.62. The molecule has 0 aliphatic carbocycles. The fourth-order valence-corrected chi connectivity index (χ4v) is 2.78. The Bertz CT molecular complexity index is 656. The molecule has 0 fully saturated rings. The number of likely N-dealkylation sites (N-methyl/N-ethyl adjacent to an activating group) is 1. The van der Waals surface area contributed by atoms with E-state index in [9.17, 15) is 0 Å². The van der Waals surface area contributed by atoms with Gasteiger partial charge < -0.3 is 24.7 Å². The summed E-state index contributed by atoms with van der Waals surface area (Å²) >= 11 is 0. The monoisotopic (exact) mass is 386 g/mol. The van der Waals surface area contributed by atoms with Gasteiger partial charge in [-0.25, -0.2) is 0 Å². The highest BCUT2D eigenvalue weighted by atomic mass is 16.5. The number of nitrogens with one attached hydrogen (secondary N) is 2. The van der Waals surface area contributed by atoms with E-state index in [0.29, 0.717) is 19.3 Å². The van der Waals surface area contributed by atoms with E-state index in [4.69, 9.17) is 14.1 Å². The largest absolute Gasteiger partial charge is 0.467 e. The van der Waals surface area contributed by atoms with Crippen molar-refractivity contribution in [2.24, 2.45) is 4.99 Å². The summed E-state index contributed by atoms with van der Waals surface area (Å²) in [6.07, 6.45) is 3.56. The standard InChI is InChI=1S/C22H34N4O2/c1-4-23-22(24-13-9-14-27-18-21-12-8-15-28-21)25-17-20(26(2)3)16-19-10-6-5-7-11-19/h5-8,10-12,15,20H,4,9,13-14,16-18H2,1-3H3,(H2,23,24,25). The predicted molar refractivity (Wildman–Crippen MR) is 115 cm³/mol. The molecular weight excluding hydrogens is 352 g/mol. The molecule has 1 atom stereocenters. The Morgan fingerprint density at radius 3 is 2.64 bits per heavy atom. The first-order valence-corrected chi connectivity index (χ1v) is 10.0. The number of hydrogen-bond donors (Lipinski definition) is 2. The average molecular weight is 387 g/mol. The fourth-order valence-electron chi connectivity index (χ4n) is 2.78. The van der Waals surface area contributed by atoms with Crippen LogP contribution in [-0.2, 0) is 17.8 Å². The Balaban J connectivity index is 1.74. The summed E-state index contributed by atoms with van der Waals surface area (Å²) < 4.78 is 10.9. The maximum absolute atomic E-state index is 5.62. The number of guanidine groups is 1. The molecule has 0 saturated heterocycles. The summed E-state index contributed by atoms with van der Waals surface area (Å²) in [7, 11) is 4.22. The van der Waals surface area contributed by atoms with E-state index in [0.717, 1.165) is 44.2 Å². The first-order chi connectivity index (χ1) is 13.7. The minimum absolute atomic E-state index is 0.356. The van der Waals surface area contributed by atoms with Gasteiger partial charge in [-0.1, -0.05) is 30.3 Å². The molecule has 6 nitrogen and oxygen atoms in total. The van der Waals surface area contributed by atoms with Crippen LogP contribution in [0, 0.1) is 0 Å². The summed E-state index contributed by atoms with van der Waals surface area (Å²) in [5, 5.41) is 6.71. The van der Waals surface area contributed by atoms with Crippen LogP contribution in [0.1, 0.15) is 24.7 Å². The van der Waals surface area contributed by atoms with Crippen LogP contribution < -0.4 is 10.6 Å². The Morgan fingerprint density at radius 1 is 1.14 bits per heavy atom. The van der Waals surface area contributed by atoms with Crippen LogP contribution in [0.2, 0.25) is 0 Å². The van der Waals surface area contributed by atoms with Crippen LogP contribution in [0.15, 0.2) is 58.1 Å². The summed E-state index contributed by atoms with van der Waals surface area (Å²) in [6, 6.07) is 14.7. The summed E-state index contributed by atoms with van der Waals surface area (Å²) in [5.74, 6) is 1.71. The van der Waals surface area contributed by atoms with Gasteiger partial charge in [0.05, 0.1) is 12.8 Å². The van der Waals surface area contributed by atoms with Crippen LogP contribution in [0.25, 0.3) is 0 Å². The van der Waals surface area contributed by atoms with Gasteiger partial charge in [0.25, 0.3) is 0 Å². The second-order valence-corrected chi connectivity index (χ2v) is 6.94. The predicted octanol–water partition coefficient (Wildman–Crippen LogP) is 2.91. The number of rotatable bonds is 12. The number of ether oxygens (including phenoxy) is 1. The molecule has 6 heteroatoms. The highest BCUT2D eigenvalue weighted by Gasteiger charge is 2.12. The zero-order valence-corrected chi connectivity index (χ0v) is 17.4. The molecule has 0 radical (unpaired) electrons. The molecule has 1 unspecified atom stereocenters. The third kappa shape index (κ3) is 8.59. The van der Waals surface area contributed by atoms with Crippen molar-refractivity contribution in [2.75, 3.05) is 40.3 Å². The Kier molecular flexibility index (Phi) is 10.2. The van der Waals surface area contributed by atoms with Crippen LogP contribution in [0.3, 0.4) is 0 Å². The Labute approximate surface area is 169 Å². The van der Waals surface area contributed by atoms with Crippen molar-refractivity contribution in [1.82, 2.24) is 15.5 Å². The van der Waals surface area contributed by atoms with Gasteiger partial charge >= 0.3 is 0 Å². The van der Waals surface area contributed by atoms with Gasteiger partial charge in [-0.3, -0.25) is 4.99 Å². The second-order valence-electron chi connectivity index (χ2n) is 6.94. The van der Waals surface area contributed by atoms with Crippen LogP contribution in [0.5, 0.6) is 0 Å². The van der Waals surface area contributed by atoms with Gasteiger partial charge in [0.1, 0.15) is 12.4 Å². The molecule has 1 aromatic carbocycles. The van der Waals surface area contributed by atoms with E-state index < -0.39 is 0 Å². The van der Waals surface area contributed by atoms with Crippen molar-refractivity contribution in [3.63, 3.8) is 0 Å². The van der Waals surface area contributed by atoms with Gasteiger partial charge in [-0.2, -0.15) is 0 Å². The molecule has 1 heterocycles. The molecule has 2 rings (SSSR count). The van der Waals surface area contributed by atoms with Crippen molar-refractivity contribution >= 4 is 5.96 Å². The lowest BCUT2D eigenvalue weighted by Crippen LogP contribution is -2.40. The first kappa shape index (κ1) is 22.0. The first-order valence-electron chi connectivity index (χ1n) is 10.0. The molecule has 0 amide bonds. The lowest BCUT2D eigenvalue weighted by atomic mass is 10.1. The van der Waals surface area contributed by atoms with E-state index in [1.165, 1.54) is 5.56 Å². The highest BCUT2D eigenvalue weighted by molar-refractivity contribution is 5.79. The van der Waals surface area contributed by atoms with Crippen molar-refractivity contribution < 1.29 is 9.15 Å². The lowest BCUT2D eigenvalue weighted by Gasteiger charge is -2.23. The normalized spacial score (nSPS) is 12.9. The van der Waals surface area contributed by atoms with E-state index in [2.05, 4.69) is 66.9 Å². The molecule has 1 aromatic heterocycles. The topological polar surface area (TPSA) is 62.0 Å². The van der Waals surface area contributed by atoms with Crippen molar-refractivity contribution in [2.45, 2.75) is 32.4 Å². The SMILES string of the molecule is CCNC(=NCC(Cc1ccccc1)N(C)C)NCCCOCc1ccco1. The molecular formula is C22H34N4O2. The van der Waals surface area contributed by atoms with Crippen molar-refractivity contribution in [1.29, 1.82) is 0 Å². The number of hydrogen-bond acceptors (Lipinski definition) is 4. The zero-order chi connectivity index (χ0) is 20.0. The van der Waals surface area contributed by atoms with E-state index >= 15 is 0 Å². The molecule has 2 N–H and O–H groups in total. The minimum atomic E-state index is 0.356. The minimum Gasteiger partial charge on any atom is -0.467 e. The summed E-state index contributed by atoms with van der Waals surface area (Å²) in [4.78, 5) is 7.03. The van der Waals surface area contributed by atoms with Gasteiger partial charge in [0.2, 0.25) is 0 Å². The smallest absolute Gasteiger partial charge is 0.191 e. The number of furan rings is 1. The molecule has 28 heavy (non-hydrogen) atoms. The third-order valence-corrected chi connectivity index (χ3v) is 4.43. The van der Waals surface area contributed by atoms with E-state index in [-0.39, 0.29) is 0 Å².